The van der Waals surface area contributed by atoms with Gasteiger partial charge in [0.05, 0.1) is 6.42 Å². The second-order valence-electron chi connectivity index (χ2n) is 5.99. The van der Waals surface area contributed by atoms with Crippen molar-refractivity contribution in [3.63, 3.8) is 0 Å². The summed E-state index contributed by atoms with van der Waals surface area (Å²) in [5.41, 5.74) is 0. The van der Waals surface area contributed by atoms with E-state index in [0.29, 0.717) is 0 Å². The minimum atomic E-state index is -0.594. The van der Waals surface area contributed by atoms with E-state index in [0.717, 1.165) is 38.5 Å². The molecular weight excluding hydrogens is 284 g/mol. The average molecular weight is 308 g/mol. The van der Waals surface area contributed by atoms with Crippen molar-refractivity contribution in [1.82, 2.24) is 10.6 Å². The molecule has 2 aliphatic rings. The van der Waals surface area contributed by atoms with E-state index in [9.17, 15) is 14.4 Å². The van der Waals surface area contributed by atoms with Gasteiger partial charge in [0.15, 0.2) is 6.61 Å². The van der Waals surface area contributed by atoms with Crippen LogP contribution < -0.4 is 10.6 Å². The third-order valence-corrected chi connectivity index (χ3v) is 4.10. The Morgan fingerprint density at radius 2 is 1.86 bits per heavy atom. The highest BCUT2D eigenvalue weighted by Gasteiger charge is 2.19. The van der Waals surface area contributed by atoms with E-state index in [4.69, 9.17) is 4.74 Å². The number of imide groups is 1. The Morgan fingerprint density at radius 3 is 2.55 bits per heavy atom. The van der Waals surface area contributed by atoms with Crippen LogP contribution in [0, 0.1) is 5.92 Å². The fourth-order valence-electron chi connectivity index (χ4n) is 2.92. The lowest BCUT2D eigenvalue weighted by molar-refractivity contribution is -0.148. The number of carbonyl (C=O) groups is 3. The van der Waals surface area contributed by atoms with Crippen LogP contribution in [0.25, 0.3) is 0 Å². The monoisotopic (exact) mass is 308 g/mol. The quantitative estimate of drug-likeness (QED) is 0.601. The summed E-state index contributed by atoms with van der Waals surface area (Å²) >= 11 is 0. The lowest BCUT2D eigenvalue weighted by Crippen LogP contribution is -2.46. The highest BCUT2D eigenvalue weighted by molar-refractivity contribution is 5.95. The molecule has 3 amide bonds. The molecule has 22 heavy (non-hydrogen) atoms. The molecule has 0 saturated heterocycles. The molecule has 0 aromatic heterocycles. The van der Waals surface area contributed by atoms with Gasteiger partial charge in [0.1, 0.15) is 0 Å². The molecule has 6 nitrogen and oxygen atoms in total. The molecule has 0 spiro atoms. The normalized spacial score (nSPS) is 21.4. The van der Waals surface area contributed by atoms with Gasteiger partial charge >= 0.3 is 12.0 Å². The first-order valence-corrected chi connectivity index (χ1v) is 8.06. The van der Waals surface area contributed by atoms with Crippen LogP contribution >= 0.6 is 0 Å². The number of ether oxygens (including phenoxy) is 1. The number of amides is 3. The zero-order chi connectivity index (χ0) is 15.8. The second-order valence-corrected chi connectivity index (χ2v) is 5.99. The van der Waals surface area contributed by atoms with E-state index in [-0.39, 0.29) is 18.4 Å². The zero-order valence-electron chi connectivity index (χ0n) is 12.8. The topological polar surface area (TPSA) is 84.5 Å². The maximum absolute atomic E-state index is 11.7. The molecular formula is C16H24N2O4. The smallest absolute Gasteiger partial charge is 0.321 e. The van der Waals surface area contributed by atoms with Gasteiger partial charge < -0.3 is 10.1 Å². The number of nitrogens with one attached hydrogen (secondary N) is 2. The first-order chi connectivity index (χ1) is 10.6. The van der Waals surface area contributed by atoms with Crippen molar-refractivity contribution in [2.45, 2.75) is 57.4 Å². The van der Waals surface area contributed by atoms with Crippen molar-refractivity contribution in [1.29, 1.82) is 0 Å². The Bertz CT molecular complexity index is 441. The summed E-state index contributed by atoms with van der Waals surface area (Å²) in [5.74, 6) is -0.784. The molecule has 2 N–H and O–H groups in total. The molecule has 2 rings (SSSR count). The number of rotatable bonds is 5. The molecule has 0 aromatic carbocycles. The van der Waals surface area contributed by atoms with Crippen molar-refractivity contribution < 1.29 is 19.1 Å². The summed E-state index contributed by atoms with van der Waals surface area (Å²) in [6.07, 6.45) is 11.6. The van der Waals surface area contributed by atoms with Crippen LogP contribution in [0.3, 0.4) is 0 Å². The van der Waals surface area contributed by atoms with E-state index < -0.39 is 24.5 Å². The van der Waals surface area contributed by atoms with Gasteiger partial charge in [-0.25, -0.2) is 4.79 Å². The summed E-state index contributed by atoms with van der Waals surface area (Å²) in [5, 5.41) is 4.97. The largest absolute Gasteiger partial charge is 0.456 e. The third-order valence-electron chi connectivity index (χ3n) is 4.10. The summed E-state index contributed by atoms with van der Waals surface area (Å²) in [6, 6.07) is -0.370. The lowest BCUT2D eigenvalue weighted by atomic mass is 9.96. The number of carbonyl (C=O) groups excluding carboxylic acids is 3. The molecule has 0 unspecified atom stereocenters. The number of hydrogen-bond acceptors (Lipinski definition) is 4. The molecule has 6 heteroatoms. The number of esters is 1. The van der Waals surface area contributed by atoms with Crippen molar-refractivity contribution in [2.75, 3.05) is 6.61 Å². The highest BCUT2D eigenvalue weighted by atomic mass is 16.5. The predicted molar refractivity (Wildman–Crippen MR) is 81.0 cm³/mol. The Labute approximate surface area is 130 Å². The average Bonchev–Trinajstić information content (AvgIpc) is 2.99. The first kappa shape index (κ1) is 16.5. The maximum atomic E-state index is 11.7. The first-order valence-electron chi connectivity index (χ1n) is 8.06. The minimum absolute atomic E-state index is 0.137. The molecule has 122 valence electrons. The molecule has 0 heterocycles. The molecule has 0 aliphatic heterocycles. The molecule has 2 aliphatic carbocycles. The Kier molecular flexibility index (Phi) is 6.43. The van der Waals surface area contributed by atoms with E-state index >= 15 is 0 Å². The molecule has 1 atom stereocenters. The van der Waals surface area contributed by atoms with E-state index in [2.05, 4.69) is 10.6 Å². The van der Waals surface area contributed by atoms with Crippen LogP contribution in [0.4, 0.5) is 4.79 Å². The number of hydrogen-bond donors (Lipinski definition) is 2. The van der Waals surface area contributed by atoms with Gasteiger partial charge in [-0.2, -0.15) is 0 Å². The third kappa shape index (κ3) is 5.87. The Morgan fingerprint density at radius 1 is 1.09 bits per heavy atom. The van der Waals surface area contributed by atoms with Gasteiger partial charge in [-0.3, -0.25) is 14.9 Å². The SMILES string of the molecule is O=C(COC(=O)C[C@H]1C=CCC1)NC(=O)NC1CCCCC1. The van der Waals surface area contributed by atoms with E-state index in [1.165, 1.54) is 6.42 Å². The minimum Gasteiger partial charge on any atom is -0.456 e. The van der Waals surface area contributed by atoms with Gasteiger partial charge in [0.2, 0.25) is 0 Å². The van der Waals surface area contributed by atoms with Crippen LogP contribution in [-0.2, 0) is 14.3 Å². The molecule has 0 bridgehead atoms. The van der Waals surface area contributed by atoms with Crippen LogP contribution in [-0.4, -0.2) is 30.6 Å². The lowest BCUT2D eigenvalue weighted by Gasteiger charge is -2.22. The molecule has 1 saturated carbocycles. The zero-order valence-corrected chi connectivity index (χ0v) is 12.8. The second kappa shape index (κ2) is 8.56. The standard InChI is InChI=1S/C16H24N2O4/c19-14(11-22-15(20)10-12-6-4-5-7-12)18-16(21)17-13-8-2-1-3-9-13/h4,6,12-13H,1-3,5,7-11H2,(H2,17,18,19,21)/t12-/m0/s1. The van der Waals surface area contributed by atoms with Crippen molar-refractivity contribution in [2.24, 2.45) is 5.92 Å². The summed E-state index contributed by atoms with van der Waals surface area (Å²) in [7, 11) is 0. The van der Waals surface area contributed by atoms with Gasteiger partial charge in [-0.05, 0) is 31.6 Å². The van der Waals surface area contributed by atoms with Crippen molar-refractivity contribution >= 4 is 17.9 Å². The van der Waals surface area contributed by atoms with Crippen LogP contribution in [0.5, 0.6) is 0 Å². The van der Waals surface area contributed by atoms with Crippen molar-refractivity contribution in [3.05, 3.63) is 12.2 Å². The number of urea groups is 1. The van der Waals surface area contributed by atoms with Gasteiger partial charge in [-0.15, -0.1) is 0 Å². The fraction of sp³-hybridized carbons (Fsp3) is 0.688. The Balaban J connectivity index is 1.59. The molecule has 0 radical (unpaired) electrons. The van der Waals surface area contributed by atoms with Gasteiger partial charge in [-0.1, -0.05) is 31.4 Å². The van der Waals surface area contributed by atoms with Crippen LogP contribution in [0.15, 0.2) is 12.2 Å². The molecule has 0 aromatic rings. The van der Waals surface area contributed by atoms with Gasteiger partial charge in [0.25, 0.3) is 5.91 Å². The fourth-order valence-corrected chi connectivity index (χ4v) is 2.92. The van der Waals surface area contributed by atoms with E-state index in [1.54, 1.807) is 0 Å². The number of allylic oxidation sites excluding steroid dienone is 2. The summed E-state index contributed by atoms with van der Waals surface area (Å²) in [6.45, 7) is -0.409. The maximum Gasteiger partial charge on any atom is 0.321 e. The summed E-state index contributed by atoms with van der Waals surface area (Å²) < 4.78 is 4.89. The van der Waals surface area contributed by atoms with E-state index in [1.807, 2.05) is 12.2 Å². The predicted octanol–water partition coefficient (Wildman–Crippen LogP) is 2.04. The summed E-state index contributed by atoms with van der Waals surface area (Å²) in [4.78, 5) is 34.8. The van der Waals surface area contributed by atoms with Crippen LogP contribution in [0.2, 0.25) is 0 Å². The van der Waals surface area contributed by atoms with Crippen LogP contribution in [0.1, 0.15) is 51.4 Å². The van der Waals surface area contributed by atoms with Gasteiger partial charge in [0, 0.05) is 6.04 Å². The Hall–Kier alpha value is -1.85. The van der Waals surface area contributed by atoms with Crippen molar-refractivity contribution in [3.8, 4) is 0 Å². The molecule has 1 fully saturated rings. The highest BCUT2D eigenvalue weighted by Crippen LogP contribution is 2.20.